The third-order valence-corrected chi connectivity index (χ3v) is 10.5. The molecule has 0 aliphatic carbocycles. The SMILES string of the molecule is CCCCCC(CC)(Pc1ccccc1CN(c1ccccc1)c1ccccc1)c1cc(C(C)(C)C)cc(C)c1O. The van der Waals surface area contributed by atoms with Crippen LogP contribution in [0.2, 0.25) is 0 Å². The maximum atomic E-state index is 11.6. The molecule has 0 spiro atoms. The van der Waals surface area contributed by atoms with Crippen LogP contribution in [0.15, 0.2) is 97.1 Å². The molecule has 2 nitrogen and oxygen atoms in total. The molecule has 0 amide bonds. The summed E-state index contributed by atoms with van der Waals surface area (Å²) < 4.78 is 0. The van der Waals surface area contributed by atoms with E-state index in [9.17, 15) is 5.11 Å². The predicted octanol–water partition coefficient (Wildman–Crippen LogP) is 10.5. The minimum atomic E-state index is -0.119. The number of rotatable bonds is 12. The molecule has 0 saturated carbocycles. The van der Waals surface area contributed by atoms with Crippen LogP contribution in [0.25, 0.3) is 0 Å². The van der Waals surface area contributed by atoms with E-state index < -0.39 is 0 Å². The zero-order valence-corrected chi connectivity index (χ0v) is 26.9. The summed E-state index contributed by atoms with van der Waals surface area (Å²) in [5, 5.41) is 12.9. The topological polar surface area (TPSA) is 23.5 Å². The summed E-state index contributed by atoms with van der Waals surface area (Å²) in [4.78, 5) is 2.41. The summed E-state index contributed by atoms with van der Waals surface area (Å²) >= 11 is 0. The molecule has 2 atom stereocenters. The van der Waals surface area contributed by atoms with Crippen molar-refractivity contribution in [2.24, 2.45) is 0 Å². The summed E-state index contributed by atoms with van der Waals surface area (Å²) in [5.41, 5.74) is 7.16. The first kappa shape index (κ1) is 30.9. The average molecular weight is 566 g/mol. The van der Waals surface area contributed by atoms with Crippen LogP contribution in [0.5, 0.6) is 5.75 Å². The van der Waals surface area contributed by atoms with E-state index in [0.29, 0.717) is 14.3 Å². The van der Waals surface area contributed by atoms with E-state index in [1.807, 2.05) is 0 Å². The van der Waals surface area contributed by atoms with E-state index in [0.717, 1.165) is 36.9 Å². The van der Waals surface area contributed by atoms with Gasteiger partial charge >= 0.3 is 0 Å². The van der Waals surface area contributed by atoms with Crippen LogP contribution < -0.4 is 10.2 Å². The van der Waals surface area contributed by atoms with Gasteiger partial charge in [-0.25, -0.2) is 0 Å². The molecule has 41 heavy (non-hydrogen) atoms. The molecule has 4 rings (SSSR count). The van der Waals surface area contributed by atoms with E-state index in [4.69, 9.17) is 0 Å². The molecular formula is C38H48NOP. The van der Waals surface area contributed by atoms with Crippen molar-refractivity contribution in [2.75, 3.05) is 4.90 Å². The first-order valence-corrected chi connectivity index (χ1v) is 16.3. The van der Waals surface area contributed by atoms with Gasteiger partial charge in [0.15, 0.2) is 0 Å². The normalized spacial score (nSPS) is 13.4. The minimum Gasteiger partial charge on any atom is -0.507 e. The van der Waals surface area contributed by atoms with Gasteiger partial charge in [-0.1, -0.05) is 135 Å². The molecule has 216 valence electrons. The summed E-state index contributed by atoms with van der Waals surface area (Å²) in [7, 11) is 0.554. The van der Waals surface area contributed by atoms with Gasteiger partial charge in [0, 0.05) is 28.6 Å². The minimum absolute atomic E-state index is 0.0169. The maximum Gasteiger partial charge on any atom is 0.122 e. The molecule has 0 bridgehead atoms. The van der Waals surface area contributed by atoms with E-state index >= 15 is 0 Å². The van der Waals surface area contributed by atoms with Gasteiger partial charge in [-0.3, -0.25) is 0 Å². The highest BCUT2D eigenvalue weighted by Crippen LogP contribution is 2.53. The quantitative estimate of drug-likeness (QED) is 0.136. The number of benzene rings is 4. The van der Waals surface area contributed by atoms with Gasteiger partial charge in [-0.2, -0.15) is 0 Å². The lowest BCUT2D eigenvalue weighted by molar-refractivity contribution is 0.431. The molecule has 0 fully saturated rings. The number of para-hydroxylation sites is 2. The number of unbranched alkanes of at least 4 members (excludes halogenated alkanes) is 2. The second-order valence-electron chi connectivity index (χ2n) is 12.4. The van der Waals surface area contributed by atoms with Crippen LogP contribution in [0.1, 0.15) is 89.0 Å². The monoisotopic (exact) mass is 565 g/mol. The number of hydrogen-bond acceptors (Lipinski definition) is 2. The molecule has 4 aromatic rings. The molecule has 2 unspecified atom stereocenters. The van der Waals surface area contributed by atoms with Gasteiger partial charge in [-0.05, 0) is 71.4 Å². The first-order chi connectivity index (χ1) is 19.7. The van der Waals surface area contributed by atoms with Crippen molar-refractivity contribution in [1.29, 1.82) is 0 Å². The second kappa shape index (κ2) is 13.7. The van der Waals surface area contributed by atoms with Gasteiger partial charge in [0.05, 0.1) is 0 Å². The Morgan fingerprint density at radius 2 is 1.34 bits per heavy atom. The van der Waals surface area contributed by atoms with E-state index in [2.05, 4.69) is 144 Å². The Hall–Kier alpha value is -3.09. The Morgan fingerprint density at radius 3 is 1.90 bits per heavy atom. The smallest absolute Gasteiger partial charge is 0.122 e. The highest BCUT2D eigenvalue weighted by Gasteiger charge is 2.35. The van der Waals surface area contributed by atoms with E-state index in [1.165, 1.54) is 40.6 Å². The van der Waals surface area contributed by atoms with Crippen molar-refractivity contribution >= 4 is 25.3 Å². The highest BCUT2D eigenvalue weighted by atomic mass is 31.1. The van der Waals surface area contributed by atoms with E-state index in [-0.39, 0.29) is 10.6 Å². The number of aromatic hydroxyl groups is 1. The Bertz CT molecular complexity index is 1350. The molecule has 0 aliphatic heterocycles. The van der Waals surface area contributed by atoms with Crippen molar-refractivity contribution in [1.82, 2.24) is 0 Å². The fourth-order valence-electron chi connectivity index (χ4n) is 5.73. The van der Waals surface area contributed by atoms with Crippen molar-refractivity contribution < 1.29 is 5.11 Å². The summed E-state index contributed by atoms with van der Waals surface area (Å²) in [5.74, 6) is 0.483. The Morgan fingerprint density at radius 1 is 0.756 bits per heavy atom. The van der Waals surface area contributed by atoms with Crippen LogP contribution in [-0.4, -0.2) is 5.11 Å². The maximum absolute atomic E-state index is 11.6. The predicted molar refractivity (Wildman–Crippen MR) is 181 cm³/mol. The molecule has 0 radical (unpaired) electrons. The lowest BCUT2D eigenvalue weighted by Gasteiger charge is -2.37. The fourth-order valence-corrected chi connectivity index (χ4v) is 7.55. The Kier molecular flexibility index (Phi) is 10.3. The van der Waals surface area contributed by atoms with Crippen LogP contribution >= 0.6 is 8.58 Å². The second-order valence-corrected chi connectivity index (χ2v) is 14.1. The van der Waals surface area contributed by atoms with E-state index in [1.54, 1.807) is 0 Å². The van der Waals surface area contributed by atoms with Gasteiger partial charge in [0.2, 0.25) is 0 Å². The number of anilines is 2. The summed E-state index contributed by atoms with van der Waals surface area (Å²) in [6.07, 6.45) is 5.63. The Balaban J connectivity index is 1.81. The molecule has 1 N–H and O–H groups in total. The van der Waals surface area contributed by atoms with Crippen LogP contribution in [0.3, 0.4) is 0 Å². The molecule has 4 aromatic carbocycles. The van der Waals surface area contributed by atoms with Gasteiger partial charge in [0.1, 0.15) is 5.75 Å². The number of phenolic OH excluding ortho intramolecular Hbond substituents is 1. The zero-order chi connectivity index (χ0) is 29.5. The molecular weight excluding hydrogens is 517 g/mol. The van der Waals surface area contributed by atoms with Crippen molar-refractivity contribution in [3.05, 3.63) is 119 Å². The summed E-state index contributed by atoms with van der Waals surface area (Å²) in [6.45, 7) is 14.3. The number of nitrogens with zero attached hydrogens (tertiary/aromatic N) is 1. The third kappa shape index (κ3) is 7.41. The summed E-state index contributed by atoms with van der Waals surface area (Å²) in [6, 6.07) is 34.9. The third-order valence-electron chi connectivity index (χ3n) is 8.35. The molecule has 0 aromatic heterocycles. The van der Waals surface area contributed by atoms with Crippen LogP contribution in [0.4, 0.5) is 11.4 Å². The molecule has 0 heterocycles. The van der Waals surface area contributed by atoms with Gasteiger partial charge in [-0.15, -0.1) is 0 Å². The Labute approximate surface area is 250 Å². The van der Waals surface area contributed by atoms with Gasteiger partial charge in [0.25, 0.3) is 0 Å². The highest BCUT2D eigenvalue weighted by molar-refractivity contribution is 7.48. The standard InChI is InChI=1S/C38H48NOP/c1-7-9-18-25-38(8-2,34-27-31(37(4,5)6)26-29(3)36(34)40)41-35-24-17-16-19-30(35)28-39(32-20-12-10-13-21-32)33-22-14-11-15-23-33/h10-17,19-24,26-27,40-41H,7-9,18,25,28H2,1-6H3. The van der Waals surface area contributed by atoms with Crippen molar-refractivity contribution in [3.63, 3.8) is 0 Å². The average Bonchev–Trinajstić information content (AvgIpc) is 2.98. The zero-order valence-electron chi connectivity index (χ0n) is 25.9. The largest absolute Gasteiger partial charge is 0.507 e. The molecule has 3 heteroatoms. The fraction of sp³-hybridized carbons (Fsp3) is 0.368. The number of phenols is 1. The van der Waals surface area contributed by atoms with Gasteiger partial charge < -0.3 is 10.0 Å². The van der Waals surface area contributed by atoms with Crippen LogP contribution in [0, 0.1) is 6.92 Å². The molecule has 0 aliphatic rings. The number of hydrogen-bond donors (Lipinski definition) is 1. The van der Waals surface area contributed by atoms with Crippen molar-refractivity contribution in [3.8, 4) is 5.75 Å². The first-order valence-electron chi connectivity index (χ1n) is 15.3. The van der Waals surface area contributed by atoms with Crippen molar-refractivity contribution in [2.45, 2.75) is 90.8 Å². The lowest BCUT2D eigenvalue weighted by atomic mass is 9.80. The van der Waals surface area contributed by atoms with Crippen LogP contribution in [-0.2, 0) is 17.1 Å². The lowest BCUT2D eigenvalue weighted by Crippen LogP contribution is -2.27. The molecule has 0 saturated heterocycles. The number of aryl methyl sites for hydroxylation is 1.